The Morgan fingerprint density at radius 1 is 0.471 bits per heavy atom. The van der Waals surface area contributed by atoms with Crippen LogP contribution in [-0.4, -0.2) is 0 Å². The fourth-order valence-electron chi connectivity index (χ4n) is 3.19. The van der Waals surface area contributed by atoms with Crippen molar-refractivity contribution < 1.29 is 0 Å². The summed E-state index contributed by atoms with van der Waals surface area (Å²) in [6.45, 7) is 9.33. The molecule has 0 heteroatoms. The quantitative estimate of drug-likeness (QED) is 0.361. The molecule has 0 aromatic carbocycles. The van der Waals surface area contributed by atoms with Gasteiger partial charge in [0.25, 0.3) is 0 Å². The second kappa shape index (κ2) is 12.5. The molecule has 0 aliphatic carbocycles. The first-order valence-electron chi connectivity index (χ1n) is 8.28. The van der Waals surface area contributed by atoms with Crippen LogP contribution in [0.15, 0.2) is 0 Å². The molecule has 0 aliphatic rings. The van der Waals surface area contributed by atoms with Gasteiger partial charge in [-0.15, -0.1) is 0 Å². The van der Waals surface area contributed by atoms with Crippen LogP contribution < -0.4 is 0 Å². The van der Waals surface area contributed by atoms with E-state index in [0.29, 0.717) is 0 Å². The normalized spacial score (nSPS) is 11.6. The van der Waals surface area contributed by atoms with Crippen LogP contribution in [0.4, 0.5) is 0 Å². The van der Waals surface area contributed by atoms with Crippen molar-refractivity contribution in [2.24, 2.45) is 11.8 Å². The Morgan fingerprint density at radius 2 is 0.765 bits per heavy atom. The van der Waals surface area contributed by atoms with E-state index in [1.165, 1.54) is 70.6 Å². The van der Waals surface area contributed by atoms with Gasteiger partial charge in [0.05, 0.1) is 0 Å². The maximum absolute atomic E-state index is 2.33. The fraction of sp³-hybridized carbons (Fsp3) is 1.00. The van der Waals surface area contributed by atoms with E-state index in [-0.39, 0.29) is 0 Å². The van der Waals surface area contributed by atoms with Crippen LogP contribution in [0.2, 0.25) is 0 Å². The molecule has 0 bridgehead atoms. The Labute approximate surface area is 111 Å². The summed E-state index contributed by atoms with van der Waals surface area (Å²) in [6.07, 6.45) is 15.8. The van der Waals surface area contributed by atoms with E-state index < -0.39 is 0 Å². The Morgan fingerprint density at radius 3 is 1.00 bits per heavy atom. The van der Waals surface area contributed by atoms with Crippen molar-refractivity contribution in [2.45, 2.75) is 98.3 Å². The van der Waals surface area contributed by atoms with E-state index in [4.69, 9.17) is 0 Å². The fourth-order valence-corrected chi connectivity index (χ4v) is 3.19. The van der Waals surface area contributed by atoms with Crippen LogP contribution in [-0.2, 0) is 0 Å². The smallest absolute Gasteiger partial charge is 0.0414 e. The zero-order valence-electron chi connectivity index (χ0n) is 12.9. The summed E-state index contributed by atoms with van der Waals surface area (Å²) < 4.78 is 0. The van der Waals surface area contributed by atoms with E-state index in [1.54, 1.807) is 0 Å². The van der Waals surface area contributed by atoms with Crippen molar-refractivity contribution in [1.82, 2.24) is 0 Å². The van der Waals surface area contributed by atoms with Crippen molar-refractivity contribution in [3.05, 3.63) is 0 Å². The van der Waals surface area contributed by atoms with E-state index in [9.17, 15) is 0 Å². The van der Waals surface area contributed by atoms with Crippen LogP contribution in [0.1, 0.15) is 98.3 Å². The van der Waals surface area contributed by atoms with E-state index in [1.807, 2.05) is 0 Å². The van der Waals surface area contributed by atoms with Crippen LogP contribution in [0, 0.1) is 11.8 Å². The number of rotatable bonds is 12. The monoisotopic (exact) mass is 240 g/mol. The summed E-state index contributed by atoms with van der Waals surface area (Å²) in [7, 11) is 0. The summed E-state index contributed by atoms with van der Waals surface area (Å²) in [5, 5.41) is 0. The molecule has 0 aromatic rings. The van der Waals surface area contributed by atoms with Crippen LogP contribution in [0.3, 0.4) is 0 Å². The first-order valence-corrected chi connectivity index (χ1v) is 8.28. The first kappa shape index (κ1) is 17.0. The van der Waals surface area contributed by atoms with Gasteiger partial charge in [-0.05, 0) is 11.8 Å². The number of hydrogen-bond acceptors (Lipinski definition) is 0. The molecule has 0 saturated carbocycles. The number of hydrogen-bond donors (Lipinski definition) is 0. The largest absolute Gasteiger partial charge is 0.0654 e. The molecule has 17 heavy (non-hydrogen) atoms. The molecule has 104 valence electrons. The molecule has 0 saturated heterocycles. The Balaban J connectivity index is 3.73. The molecular weight excluding hydrogens is 204 g/mol. The van der Waals surface area contributed by atoms with E-state index in [0.717, 1.165) is 11.8 Å². The van der Waals surface area contributed by atoms with Crippen molar-refractivity contribution in [3.63, 3.8) is 0 Å². The third-order valence-electron chi connectivity index (χ3n) is 4.01. The minimum absolute atomic E-state index is 1.02. The lowest BCUT2D eigenvalue weighted by Gasteiger charge is -2.18. The van der Waals surface area contributed by atoms with Gasteiger partial charge in [-0.25, -0.2) is 0 Å². The molecular formula is C17H36. The average molecular weight is 240 g/mol. The minimum Gasteiger partial charge on any atom is -0.0654 e. The summed E-state index contributed by atoms with van der Waals surface area (Å²) in [5.74, 6) is 2.04. The van der Waals surface area contributed by atoms with Crippen LogP contribution in [0.5, 0.6) is 0 Å². The molecule has 0 unspecified atom stereocenters. The van der Waals surface area contributed by atoms with Gasteiger partial charge in [0.15, 0.2) is 0 Å². The first-order chi connectivity index (χ1) is 8.28. The summed E-state index contributed by atoms with van der Waals surface area (Å²) in [6, 6.07) is 0. The SMILES string of the molecule is CCCC(CCC)CCCC(CCC)CCC. The Bertz CT molecular complexity index is 111. The Hall–Kier alpha value is 0. The van der Waals surface area contributed by atoms with Gasteiger partial charge in [0, 0.05) is 0 Å². The zero-order valence-corrected chi connectivity index (χ0v) is 12.9. The van der Waals surface area contributed by atoms with Gasteiger partial charge >= 0.3 is 0 Å². The lowest BCUT2D eigenvalue weighted by Crippen LogP contribution is -2.04. The van der Waals surface area contributed by atoms with Crippen molar-refractivity contribution in [3.8, 4) is 0 Å². The minimum atomic E-state index is 1.02. The Kier molecular flexibility index (Phi) is 12.5. The molecule has 0 N–H and O–H groups in total. The predicted molar refractivity (Wildman–Crippen MR) is 80.5 cm³/mol. The second-order valence-electron chi connectivity index (χ2n) is 5.82. The van der Waals surface area contributed by atoms with Crippen molar-refractivity contribution in [2.75, 3.05) is 0 Å². The van der Waals surface area contributed by atoms with Gasteiger partial charge in [0.2, 0.25) is 0 Å². The van der Waals surface area contributed by atoms with Crippen LogP contribution in [0.25, 0.3) is 0 Å². The highest BCUT2D eigenvalue weighted by molar-refractivity contribution is 4.63. The highest BCUT2D eigenvalue weighted by Gasteiger charge is 2.10. The third kappa shape index (κ3) is 9.68. The summed E-state index contributed by atoms with van der Waals surface area (Å²) >= 11 is 0. The summed E-state index contributed by atoms with van der Waals surface area (Å²) in [4.78, 5) is 0. The molecule has 0 rings (SSSR count). The topological polar surface area (TPSA) is 0 Å². The van der Waals surface area contributed by atoms with Gasteiger partial charge < -0.3 is 0 Å². The molecule has 0 aliphatic heterocycles. The summed E-state index contributed by atoms with van der Waals surface area (Å²) in [5.41, 5.74) is 0. The lowest BCUT2D eigenvalue weighted by molar-refractivity contribution is 0.346. The highest BCUT2D eigenvalue weighted by Crippen LogP contribution is 2.25. The molecule has 0 aromatic heterocycles. The van der Waals surface area contributed by atoms with Crippen molar-refractivity contribution in [1.29, 1.82) is 0 Å². The standard InChI is InChI=1S/C17H36/c1-5-10-16(11-6-2)14-9-15-17(12-7-3)13-8-4/h16-17H,5-15H2,1-4H3. The molecule has 0 amide bonds. The maximum Gasteiger partial charge on any atom is -0.0414 e. The van der Waals surface area contributed by atoms with Gasteiger partial charge in [0.1, 0.15) is 0 Å². The second-order valence-corrected chi connectivity index (χ2v) is 5.82. The highest BCUT2D eigenvalue weighted by atomic mass is 14.2. The third-order valence-corrected chi connectivity index (χ3v) is 4.01. The zero-order chi connectivity index (χ0) is 12.9. The molecule has 0 nitrogen and oxygen atoms in total. The molecule has 0 atom stereocenters. The molecule has 0 fully saturated rings. The average Bonchev–Trinajstić information content (AvgIpc) is 2.30. The van der Waals surface area contributed by atoms with E-state index in [2.05, 4.69) is 27.7 Å². The van der Waals surface area contributed by atoms with Gasteiger partial charge in [-0.1, -0.05) is 98.3 Å². The molecule has 0 spiro atoms. The van der Waals surface area contributed by atoms with Gasteiger partial charge in [-0.2, -0.15) is 0 Å². The lowest BCUT2D eigenvalue weighted by atomic mass is 9.88. The molecule has 0 heterocycles. The van der Waals surface area contributed by atoms with E-state index >= 15 is 0 Å². The predicted octanol–water partition coefficient (Wildman–Crippen LogP) is 6.59. The maximum atomic E-state index is 2.33. The molecule has 0 radical (unpaired) electrons. The van der Waals surface area contributed by atoms with Gasteiger partial charge in [-0.3, -0.25) is 0 Å². The van der Waals surface area contributed by atoms with Crippen molar-refractivity contribution >= 4 is 0 Å². The van der Waals surface area contributed by atoms with Crippen LogP contribution >= 0.6 is 0 Å².